The van der Waals surface area contributed by atoms with Crippen molar-refractivity contribution in [1.82, 2.24) is 9.97 Å². The number of aryl methyl sites for hydroxylation is 2. The fourth-order valence-corrected chi connectivity index (χ4v) is 1.33. The van der Waals surface area contributed by atoms with Crippen LogP contribution in [0.5, 0.6) is 0 Å². The molecule has 0 aliphatic heterocycles. The van der Waals surface area contributed by atoms with Crippen molar-refractivity contribution in [2.75, 3.05) is 11.9 Å². The van der Waals surface area contributed by atoms with E-state index in [1.165, 1.54) is 0 Å². The van der Waals surface area contributed by atoms with E-state index >= 15 is 0 Å². The summed E-state index contributed by atoms with van der Waals surface area (Å²) in [4.78, 5) is 10.6. The van der Waals surface area contributed by atoms with Crippen LogP contribution in [0.15, 0.2) is 6.07 Å². The summed E-state index contributed by atoms with van der Waals surface area (Å²) >= 11 is 0. The number of nitriles is 1. The molecule has 0 aliphatic rings. The molecule has 0 N–H and O–H groups in total. The lowest BCUT2D eigenvalue weighted by atomic mass is 10.2. The van der Waals surface area contributed by atoms with E-state index in [0.29, 0.717) is 12.4 Å². The van der Waals surface area contributed by atoms with Gasteiger partial charge in [0.2, 0.25) is 5.95 Å². The van der Waals surface area contributed by atoms with E-state index in [-0.39, 0.29) is 6.04 Å². The van der Waals surface area contributed by atoms with Crippen molar-refractivity contribution in [2.45, 2.75) is 33.2 Å². The van der Waals surface area contributed by atoms with Crippen LogP contribution in [0.25, 0.3) is 0 Å². The quantitative estimate of drug-likeness (QED) is 0.753. The van der Waals surface area contributed by atoms with Crippen LogP contribution in [0.2, 0.25) is 0 Å². The summed E-state index contributed by atoms with van der Waals surface area (Å²) in [5.74, 6) is 0.690. The average Bonchev–Trinajstić information content (AvgIpc) is 2.15. The molecule has 0 radical (unpaired) electrons. The van der Waals surface area contributed by atoms with Gasteiger partial charge in [-0.2, -0.15) is 5.26 Å². The fraction of sp³-hybridized carbons (Fsp3) is 0.545. The molecule has 0 saturated carbocycles. The normalized spacial score (nSPS) is 11.9. The summed E-state index contributed by atoms with van der Waals surface area (Å²) in [5, 5.41) is 8.62. The van der Waals surface area contributed by atoms with Crippen molar-refractivity contribution < 1.29 is 0 Å². The van der Waals surface area contributed by atoms with Gasteiger partial charge < -0.3 is 4.90 Å². The van der Waals surface area contributed by atoms with E-state index in [9.17, 15) is 0 Å². The molecule has 0 spiro atoms. The second-order valence-electron chi connectivity index (χ2n) is 3.77. The standard InChI is InChI=1S/C11H16N4/c1-8-7-9(2)14-11(13-8)15(4)10(3)5-6-12/h7,10H,5H2,1-4H3. The van der Waals surface area contributed by atoms with Crippen LogP contribution in [-0.4, -0.2) is 23.1 Å². The van der Waals surface area contributed by atoms with Gasteiger partial charge in [-0.25, -0.2) is 9.97 Å². The summed E-state index contributed by atoms with van der Waals surface area (Å²) < 4.78 is 0. The lowest BCUT2D eigenvalue weighted by molar-refractivity contribution is 0.680. The molecule has 0 bridgehead atoms. The van der Waals surface area contributed by atoms with Crippen molar-refractivity contribution in [3.05, 3.63) is 17.5 Å². The molecule has 80 valence electrons. The molecule has 1 rings (SSSR count). The second-order valence-corrected chi connectivity index (χ2v) is 3.77. The third-order valence-corrected chi connectivity index (χ3v) is 2.33. The molecule has 1 aromatic heterocycles. The lowest BCUT2D eigenvalue weighted by Gasteiger charge is -2.23. The van der Waals surface area contributed by atoms with E-state index in [1.54, 1.807) is 0 Å². The van der Waals surface area contributed by atoms with Gasteiger partial charge in [0, 0.05) is 24.5 Å². The minimum Gasteiger partial charge on any atom is -0.340 e. The molecule has 15 heavy (non-hydrogen) atoms. The number of nitrogens with zero attached hydrogens (tertiary/aromatic N) is 4. The number of rotatable bonds is 3. The SMILES string of the molecule is Cc1cc(C)nc(N(C)C(C)CC#N)n1. The predicted octanol–water partition coefficient (Wildman–Crippen LogP) is 1.83. The molecular weight excluding hydrogens is 188 g/mol. The van der Waals surface area contributed by atoms with Gasteiger partial charge in [0.1, 0.15) is 0 Å². The van der Waals surface area contributed by atoms with Gasteiger partial charge in [-0.15, -0.1) is 0 Å². The molecule has 0 saturated heterocycles. The molecule has 4 heteroatoms. The first-order valence-corrected chi connectivity index (χ1v) is 4.96. The number of anilines is 1. The van der Waals surface area contributed by atoms with Crippen LogP contribution in [0.4, 0.5) is 5.95 Å². The Labute approximate surface area is 90.6 Å². The Bertz CT molecular complexity index is 360. The minimum atomic E-state index is 0.135. The highest BCUT2D eigenvalue weighted by atomic mass is 15.2. The van der Waals surface area contributed by atoms with E-state index in [4.69, 9.17) is 5.26 Å². The smallest absolute Gasteiger partial charge is 0.225 e. The monoisotopic (exact) mass is 204 g/mol. The molecule has 1 heterocycles. The zero-order valence-corrected chi connectivity index (χ0v) is 9.65. The fourth-order valence-electron chi connectivity index (χ4n) is 1.33. The molecule has 1 unspecified atom stereocenters. The van der Waals surface area contributed by atoms with Gasteiger partial charge in [0.15, 0.2) is 0 Å². The van der Waals surface area contributed by atoms with E-state index in [0.717, 1.165) is 11.4 Å². The van der Waals surface area contributed by atoms with Crippen molar-refractivity contribution in [1.29, 1.82) is 5.26 Å². The molecule has 0 aromatic carbocycles. The number of hydrogen-bond donors (Lipinski definition) is 0. The molecular formula is C11H16N4. The Kier molecular flexibility index (Phi) is 3.62. The molecule has 1 aromatic rings. The Morgan fingerprint density at radius 2 is 1.93 bits per heavy atom. The molecule has 0 aliphatic carbocycles. The van der Waals surface area contributed by atoms with Gasteiger partial charge in [-0.05, 0) is 26.8 Å². The first-order valence-electron chi connectivity index (χ1n) is 4.96. The summed E-state index contributed by atoms with van der Waals surface area (Å²) in [6.07, 6.45) is 0.479. The first-order chi connectivity index (χ1) is 7.04. The van der Waals surface area contributed by atoms with Crippen LogP contribution >= 0.6 is 0 Å². The van der Waals surface area contributed by atoms with Crippen LogP contribution in [0, 0.1) is 25.2 Å². The zero-order valence-electron chi connectivity index (χ0n) is 9.65. The Balaban J connectivity index is 2.91. The molecule has 1 atom stereocenters. The lowest BCUT2D eigenvalue weighted by Crippen LogP contribution is -2.30. The van der Waals surface area contributed by atoms with Crippen LogP contribution in [-0.2, 0) is 0 Å². The first kappa shape index (κ1) is 11.4. The van der Waals surface area contributed by atoms with Crippen molar-refractivity contribution >= 4 is 5.95 Å². The zero-order chi connectivity index (χ0) is 11.4. The van der Waals surface area contributed by atoms with Gasteiger partial charge >= 0.3 is 0 Å². The van der Waals surface area contributed by atoms with Gasteiger partial charge in [-0.3, -0.25) is 0 Å². The Morgan fingerprint density at radius 3 is 2.40 bits per heavy atom. The van der Waals surface area contributed by atoms with Crippen molar-refractivity contribution in [3.8, 4) is 6.07 Å². The van der Waals surface area contributed by atoms with E-state index < -0.39 is 0 Å². The van der Waals surface area contributed by atoms with E-state index in [1.807, 2.05) is 38.8 Å². The second kappa shape index (κ2) is 4.74. The summed E-state index contributed by atoms with van der Waals surface area (Å²) in [6.45, 7) is 5.88. The predicted molar refractivity (Wildman–Crippen MR) is 59.6 cm³/mol. The van der Waals surface area contributed by atoms with Crippen LogP contribution in [0.1, 0.15) is 24.7 Å². The van der Waals surface area contributed by atoms with Crippen molar-refractivity contribution in [3.63, 3.8) is 0 Å². The van der Waals surface area contributed by atoms with E-state index in [2.05, 4.69) is 16.0 Å². The molecule has 0 fully saturated rings. The molecule has 0 amide bonds. The van der Waals surface area contributed by atoms with Gasteiger partial charge in [-0.1, -0.05) is 0 Å². The molecule has 4 nitrogen and oxygen atoms in total. The summed E-state index contributed by atoms with van der Waals surface area (Å²) in [6, 6.07) is 4.22. The maximum atomic E-state index is 8.62. The summed E-state index contributed by atoms with van der Waals surface area (Å²) in [5.41, 5.74) is 1.90. The van der Waals surface area contributed by atoms with Gasteiger partial charge in [0.05, 0.1) is 12.5 Å². The topological polar surface area (TPSA) is 52.8 Å². The highest BCUT2D eigenvalue weighted by molar-refractivity contribution is 5.32. The minimum absolute atomic E-state index is 0.135. The average molecular weight is 204 g/mol. The number of hydrogen-bond acceptors (Lipinski definition) is 4. The summed E-state index contributed by atoms with van der Waals surface area (Å²) in [7, 11) is 1.91. The highest BCUT2D eigenvalue weighted by Crippen LogP contribution is 2.12. The van der Waals surface area contributed by atoms with Crippen molar-refractivity contribution in [2.24, 2.45) is 0 Å². The highest BCUT2D eigenvalue weighted by Gasteiger charge is 2.12. The van der Waals surface area contributed by atoms with Gasteiger partial charge in [0.25, 0.3) is 0 Å². The maximum Gasteiger partial charge on any atom is 0.225 e. The third-order valence-electron chi connectivity index (χ3n) is 2.33. The Hall–Kier alpha value is -1.63. The third kappa shape index (κ3) is 2.91. The largest absolute Gasteiger partial charge is 0.340 e. The number of aromatic nitrogens is 2. The van der Waals surface area contributed by atoms with Crippen LogP contribution < -0.4 is 4.90 Å². The maximum absolute atomic E-state index is 8.62. The van der Waals surface area contributed by atoms with Crippen LogP contribution in [0.3, 0.4) is 0 Å². The Morgan fingerprint density at radius 1 is 1.40 bits per heavy atom.